The molecule has 39 heavy (non-hydrogen) atoms. The molecule has 0 radical (unpaired) electrons. The largest absolute Gasteiger partial charge is 3.00 e. The van der Waals surface area contributed by atoms with E-state index in [1.54, 1.807) is 0 Å². The number of nitrogens with zero attached hydrogens (tertiary/aromatic N) is 3. The summed E-state index contributed by atoms with van der Waals surface area (Å²) in [6, 6.07) is 20.7. The van der Waals surface area contributed by atoms with Crippen LogP contribution in [0.1, 0.15) is 24.0 Å². The van der Waals surface area contributed by atoms with E-state index in [0.29, 0.717) is 0 Å². The fraction of sp³-hybridized carbons (Fsp3) is 0.600. The van der Waals surface area contributed by atoms with E-state index >= 15 is 0 Å². The van der Waals surface area contributed by atoms with Crippen LogP contribution in [0.3, 0.4) is 0 Å². The molecular formula is C30H58N3OSi4Y. The Morgan fingerprint density at radius 1 is 0.513 bits per heavy atom. The first kappa shape index (κ1) is 41.4. The number of hydrogen-bond donors (Lipinski definition) is 0. The standard InChI is InChI=1S/C14H14N.2C6H18NSi2.C4H8O.Y/c1-3-7-13(8-4-1)11-15-12-14-9-5-2-6-10-14;2*1-8(2,3)7-9(4,5)6;1-2-4-5-3-1;/h1-10H,11-12H2;2*1-6H3;1-4H2;/q3*-1;;+3. The van der Waals surface area contributed by atoms with Crippen molar-refractivity contribution in [2.24, 2.45) is 0 Å². The molecule has 2 aromatic carbocycles. The molecule has 1 aliphatic heterocycles. The van der Waals surface area contributed by atoms with Crippen molar-refractivity contribution >= 4 is 32.9 Å². The Morgan fingerprint density at radius 2 is 0.795 bits per heavy atom. The second-order valence-corrected chi connectivity index (χ2v) is 32.9. The Morgan fingerprint density at radius 3 is 0.974 bits per heavy atom. The first-order chi connectivity index (χ1) is 17.4. The Bertz CT molecular complexity index is 731. The van der Waals surface area contributed by atoms with Crippen molar-refractivity contribution in [1.82, 2.24) is 0 Å². The normalized spacial score (nSPS) is 13.4. The van der Waals surface area contributed by atoms with Crippen molar-refractivity contribution in [3.05, 3.63) is 86.4 Å². The Balaban J connectivity index is 0. The van der Waals surface area contributed by atoms with E-state index in [0.717, 1.165) is 26.3 Å². The SMILES string of the molecule is C1CCOC1.C[Si](C)(C)[N-][Si](C)(C)C.C[Si](C)(C)[N-][Si](C)(C)C.[Y+3].c1ccc(C[N-]Cc2ccccc2)cc1. The van der Waals surface area contributed by atoms with Crippen LogP contribution in [0.5, 0.6) is 0 Å². The zero-order valence-electron chi connectivity index (χ0n) is 27.3. The van der Waals surface area contributed by atoms with Gasteiger partial charge in [0.05, 0.1) is 0 Å². The van der Waals surface area contributed by atoms with Crippen LogP contribution in [0.2, 0.25) is 78.6 Å². The van der Waals surface area contributed by atoms with Gasteiger partial charge in [-0.05, 0) is 12.8 Å². The van der Waals surface area contributed by atoms with Crippen LogP contribution in [0, 0.1) is 0 Å². The van der Waals surface area contributed by atoms with E-state index in [2.05, 4.69) is 108 Å². The van der Waals surface area contributed by atoms with Crippen molar-refractivity contribution in [3.8, 4) is 0 Å². The van der Waals surface area contributed by atoms with E-state index in [4.69, 9.17) is 14.0 Å². The molecule has 1 aliphatic rings. The molecule has 0 bridgehead atoms. The van der Waals surface area contributed by atoms with Crippen LogP contribution < -0.4 is 0 Å². The van der Waals surface area contributed by atoms with E-state index in [1.165, 1.54) is 24.0 Å². The van der Waals surface area contributed by atoms with Crippen molar-refractivity contribution < 1.29 is 37.4 Å². The Kier molecular flexibility index (Phi) is 22.3. The molecule has 0 atom stereocenters. The van der Waals surface area contributed by atoms with Gasteiger partial charge in [0.25, 0.3) is 0 Å². The number of hydrogen-bond acceptors (Lipinski definition) is 1. The van der Waals surface area contributed by atoms with Gasteiger partial charge in [-0.15, -0.1) is 13.1 Å². The number of benzene rings is 2. The maximum atomic E-state index is 4.94. The van der Waals surface area contributed by atoms with Crippen LogP contribution in [0.15, 0.2) is 60.7 Å². The van der Waals surface area contributed by atoms with Gasteiger partial charge >= 0.3 is 32.7 Å². The molecule has 0 N–H and O–H groups in total. The zero-order valence-corrected chi connectivity index (χ0v) is 34.2. The molecule has 3 rings (SSSR count). The summed E-state index contributed by atoms with van der Waals surface area (Å²) in [7, 11) is -4.42. The van der Waals surface area contributed by atoms with Gasteiger partial charge in [0, 0.05) is 13.2 Å². The van der Waals surface area contributed by atoms with Gasteiger partial charge in [-0.2, -0.15) is 0 Å². The average Bonchev–Trinajstić information content (AvgIpc) is 3.31. The number of ether oxygens (including phenoxy) is 1. The fourth-order valence-corrected chi connectivity index (χ4v) is 20.1. The minimum Gasteiger partial charge on any atom is -0.668 e. The van der Waals surface area contributed by atoms with Crippen LogP contribution in [-0.4, -0.2) is 46.2 Å². The summed E-state index contributed by atoms with van der Waals surface area (Å²) in [6.07, 6.45) is 2.56. The Labute approximate surface area is 272 Å². The molecule has 9 heteroatoms. The van der Waals surface area contributed by atoms with Crippen LogP contribution >= 0.6 is 0 Å². The molecule has 0 unspecified atom stereocenters. The van der Waals surface area contributed by atoms with E-state index in [9.17, 15) is 0 Å². The van der Waals surface area contributed by atoms with Gasteiger partial charge < -0.3 is 19.3 Å². The summed E-state index contributed by atoms with van der Waals surface area (Å²) >= 11 is 0. The molecule has 4 nitrogen and oxygen atoms in total. The monoisotopic (exact) mass is 677 g/mol. The van der Waals surface area contributed by atoms with Crippen LogP contribution in [0.4, 0.5) is 0 Å². The third-order valence-electron chi connectivity index (χ3n) is 4.44. The zero-order chi connectivity index (χ0) is 29.3. The minimum atomic E-state index is -1.11. The number of rotatable bonds is 8. The van der Waals surface area contributed by atoms with Crippen molar-refractivity contribution in [2.75, 3.05) is 13.2 Å². The second-order valence-electron chi connectivity index (χ2n) is 13.7. The summed E-state index contributed by atoms with van der Waals surface area (Å²) < 4.78 is 14.6. The van der Waals surface area contributed by atoms with Crippen molar-refractivity contribution in [2.45, 2.75) is 104 Å². The first-order valence-corrected chi connectivity index (χ1v) is 27.9. The third-order valence-corrected chi connectivity index (χ3v) is 15.2. The predicted octanol–water partition coefficient (Wildman–Crippen LogP) is 10.6. The maximum absolute atomic E-state index is 4.94. The summed E-state index contributed by atoms with van der Waals surface area (Å²) in [5, 5.41) is 4.51. The summed E-state index contributed by atoms with van der Waals surface area (Å²) in [6.45, 7) is 31.2. The average molecular weight is 678 g/mol. The summed E-state index contributed by atoms with van der Waals surface area (Å²) in [4.78, 5) is 0. The molecule has 0 saturated carbocycles. The van der Waals surface area contributed by atoms with E-state index in [-0.39, 0.29) is 32.7 Å². The smallest absolute Gasteiger partial charge is 0.668 e. The summed E-state index contributed by atoms with van der Waals surface area (Å²) in [5.74, 6) is 0. The molecule has 1 fully saturated rings. The van der Waals surface area contributed by atoms with Gasteiger partial charge in [0.15, 0.2) is 0 Å². The summed E-state index contributed by atoms with van der Waals surface area (Å²) in [5.41, 5.74) is 2.54. The van der Waals surface area contributed by atoms with E-state index in [1.807, 2.05) is 36.4 Å². The molecule has 0 spiro atoms. The van der Waals surface area contributed by atoms with Crippen LogP contribution in [0.25, 0.3) is 14.6 Å². The van der Waals surface area contributed by atoms with Crippen LogP contribution in [-0.2, 0) is 50.5 Å². The van der Waals surface area contributed by atoms with Gasteiger partial charge in [0.1, 0.15) is 0 Å². The van der Waals surface area contributed by atoms with E-state index < -0.39 is 32.9 Å². The van der Waals surface area contributed by atoms with Gasteiger partial charge in [-0.25, -0.2) is 0 Å². The van der Waals surface area contributed by atoms with Gasteiger partial charge in [-0.3, -0.25) is 0 Å². The fourth-order valence-electron chi connectivity index (χ4n) is 4.00. The molecule has 1 saturated heterocycles. The molecule has 0 aliphatic carbocycles. The molecule has 0 aromatic heterocycles. The maximum Gasteiger partial charge on any atom is 3.00 e. The minimum absolute atomic E-state index is 0. The van der Waals surface area contributed by atoms with Crippen molar-refractivity contribution in [3.63, 3.8) is 0 Å². The third kappa shape index (κ3) is 32.6. The molecule has 2 aromatic rings. The Hall–Kier alpha value is 0.251. The first-order valence-electron chi connectivity index (χ1n) is 14.1. The van der Waals surface area contributed by atoms with Gasteiger partial charge in [-0.1, -0.05) is 183 Å². The van der Waals surface area contributed by atoms with Crippen molar-refractivity contribution in [1.29, 1.82) is 0 Å². The molecular weight excluding hydrogens is 620 g/mol. The molecule has 218 valence electrons. The predicted molar refractivity (Wildman–Crippen MR) is 184 cm³/mol. The quantitative estimate of drug-likeness (QED) is 0.257. The topological polar surface area (TPSA) is 51.5 Å². The second kappa shape index (κ2) is 21.0. The van der Waals surface area contributed by atoms with Gasteiger partial charge in [0.2, 0.25) is 0 Å². The molecule has 0 amide bonds. The molecule has 1 heterocycles.